The molecule has 2 nitrogen and oxygen atoms in total. The van der Waals surface area contributed by atoms with E-state index in [4.69, 9.17) is 5.73 Å². The highest BCUT2D eigenvalue weighted by atomic mass is 32.2. The van der Waals surface area contributed by atoms with Gasteiger partial charge in [0.2, 0.25) is 0 Å². The molecule has 0 aromatic carbocycles. The van der Waals surface area contributed by atoms with Crippen LogP contribution in [0.25, 0.3) is 0 Å². The maximum Gasteiger partial charge on any atom is 0.0681 e. The van der Waals surface area contributed by atoms with Crippen LogP contribution >= 0.6 is 23.7 Å². The number of nitrogens with zero attached hydrogens (tertiary/aromatic N) is 1. The fourth-order valence-corrected chi connectivity index (χ4v) is 2.52. The van der Waals surface area contributed by atoms with Crippen molar-refractivity contribution in [1.29, 1.82) is 0 Å². The number of nitrogens with two attached hydrogens (primary N) is 1. The van der Waals surface area contributed by atoms with E-state index in [-0.39, 0.29) is 10.8 Å². The van der Waals surface area contributed by atoms with Gasteiger partial charge in [0.15, 0.2) is 0 Å². The van der Waals surface area contributed by atoms with Crippen LogP contribution in [-0.2, 0) is 0 Å². The van der Waals surface area contributed by atoms with Crippen molar-refractivity contribution in [2.45, 2.75) is 24.6 Å². The van der Waals surface area contributed by atoms with Crippen LogP contribution in [0.1, 0.15) is 13.8 Å². The molecule has 0 saturated carbocycles. The van der Waals surface area contributed by atoms with Crippen LogP contribution in [0.3, 0.4) is 0 Å². The second kappa shape index (κ2) is 3.15. The smallest absolute Gasteiger partial charge is 0.0681 e. The summed E-state index contributed by atoms with van der Waals surface area (Å²) in [4.78, 5) is 0. The molecule has 1 rings (SSSR count). The van der Waals surface area contributed by atoms with Crippen molar-refractivity contribution < 1.29 is 0 Å². The Kier molecular flexibility index (Phi) is 2.66. The molecule has 4 heteroatoms. The van der Waals surface area contributed by atoms with Gasteiger partial charge in [0.05, 0.1) is 10.3 Å². The predicted octanol–water partition coefficient (Wildman–Crippen LogP) is 1.52. The molecule has 0 aromatic heterocycles. The van der Waals surface area contributed by atoms with Crippen LogP contribution in [-0.4, -0.2) is 22.1 Å². The Labute approximate surface area is 70.2 Å². The van der Waals surface area contributed by atoms with Crippen molar-refractivity contribution in [3.05, 3.63) is 0 Å². The third-order valence-corrected chi connectivity index (χ3v) is 4.19. The van der Waals surface area contributed by atoms with E-state index < -0.39 is 0 Å². The zero-order valence-electron chi connectivity index (χ0n) is 6.20. The van der Waals surface area contributed by atoms with Crippen molar-refractivity contribution in [1.82, 2.24) is 0 Å². The van der Waals surface area contributed by atoms with E-state index in [9.17, 15) is 0 Å². The predicted molar refractivity (Wildman–Crippen MR) is 50.6 cm³/mol. The summed E-state index contributed by atoms with van der Waals surface area (Å²) >= 11 is 3.33. The molecule has 0 saturated heterocycles. The van der Waals surface area contributed by atoms with E-state index in [1.54, 1.807) is 23.7 Å². The largest absolute Gasteiger partial charge is 0.327 e. The molecule has 1 aliphatic rings. The van der Waals surface area contributed by atoms with Gasteiger partial charge in [-0.05, 0) is 25.8 Å². The maximum atomic E-state index is 5.79. The first-order chi connectivity index (χ1) is 4.65. The van der Waals surface area contributed by atoms with Gasteiger partial charge in [-0.2, -0.15) is 0 Å². The Hall–Kier alpha value is 0.330. The summed E-state index contributed by atoms with van der Waals surface area (Å²) in [7, 11) is 0. The quantitative estimate of drug-likeness (QED) is 0.616. The van der Waals surface area contributed by atoms with Crippen LogP contribution in [0.4, 0.5) is 0 Å². The average Bonchev–Trinajstić information content (AvgIpc) is 1.89. The van der Waals surface area contributed by atoms with Gasteiger partial charge in [-0.15, -0.1) is 11.8 Å². The molecule has 0 bridgehead atoms. The lowest BCUT2D eigenvalue weighted by molar-refractivity contribution is 0.586. The highest BCUT2D eigenvalue weighted by Gasteiger charge is 2.31. The average molecular weight is 176 g/mol. The minimum Gasteiger partial charge on any atom is -0.327 e. The summed E-state index contributed by atoms with van der Waals surface area (Å²) in [6, 6.07) is 0.211. The van der Waals surface area contributed by atoms with Gasteiger partial charge in [0.1, 0.15) is 0 Å². The number of hydrogen-bond donors (Lipinski definition) is 1. The number of thioether (sulfide) groups is 1. The third kappa shape index (κ3) is 1.68. The molecule has 10 heavy (non-hydrogen) atoms. The Morgan fingerprint density at radius 2 is 2.50 bits per heavy atom. The van der Waals surface area contributed by atoms with E-state index in [0.717, 1.165) is 5.75 Å². The first kappa shape index (κ1) is 8.43. The third-order valence-electron chi connectivity index (χ3n) is 1.71. The summed E-state index contributed by atoms with van der Waals surface area (Å²) in [6.07, 6.45) is 0. The fraction of sp³-hybridized carbons (Fsp3) is 0.833. The van der Waals surface area contributed by atoms with Gasteiger partial charge in [-0.25, -0.2) is 4.40 Å². The van der Waals surface area contributed by atoms with E-state index >= 15 is 0 Å². The lowest BCUT2D eigenvalue weighted by Crippen LogP contribution is -2.43. The molecule has 1 aliphatic heterocycles. The van der Waals surface area contributed by atoms with E-state index in [1.165, 1.54) is 0 Å². The molecule has 1 heterocycles. The highest BCUT2D eigenvalue weighted by Crippen LogP contribution is 2.35. The molecule has 2 N–H and O–H groups in total. The first-order valence-electron chi connectivity index (χ1n) is 3.22. The summed E-state index contributed by atoms with van der Waals surface area (Å²) in [6.45, 7) is 4.19. The normalized spacial score (nSPS) is 35.9. The monoisotopic (exact) mass is 176 g/mol. The molecule has 0 amide bonds. The molecule has 2 atom stereocenters. The van der Waals surface area contributed by atoms with Crippen LogP contribution in [0.5, 0.6) is 0 Å². The Bertz CT molecular complexity index is 147. The lowest BCUT2D eigenvalue weighted by atomic mass is 10.1. The lowest BCUT2D eigenvalue weighted by Gasteiger charge is -2.31. The Morgan fingerprint density at radius 1 is 1.80 bits per heavy atom. The van der Waals surface area contributed by atoms with Gasteiger partial charge in [-0.3, -0.25) is 0 Å². The van der Waals surface area contributed by atoms with Gasteiger partial charge in [0.25, 0.3) is 0 Å². The zero-order valence-corrected chi connectivity index (χ0v) is 7.84. The minimum absolute atomic E-state index is 0.138. The van der Waals surface area contributed by atoms with Gasteiger partial charge in [0, 0.05) is 11.8 Å². The van der Waals surface area contributed by atoms with Crippen LogP contribution in [0.15, 0.2) is 4.40 Å². The Morgan fingerprint density at radius 3 is 2.80 bits per heavy atom. The van der Waals surface area contributed by atoms with Crippen molar-refractivity contribution >= 4 is 29.3 Å². The van der Waals surface area contributed by atoms with Gasteiger partial charge < -0.3 is 5.73 Å². The van der Waals surface area contributed by atoms with Crippen molar-refractivity contribution in [3.63, 3.8) is 0 Å². The summed E-state index contributed by atoms with van der Waals surface area (Å²) in [5.41, 5.74) is 7.68. The maximum absolute atomic E-state index is 5.79. The summed E-state index contributed by atoms with van der Waals surface area (Å²) < 4.78 is 4.26. The number of hydrogen-bond acceptors (Lipinski definition) is 4. The molecule has 58 valence electrons. The van der Waals surface area contributed by atoms with Crippen LogP contribution < -0.4 is 5.73 Å². The molecular weight excluding hydrogens is 164 g/mol. The van der Waals surface area contributed by atoms with E-state index in [0.29, 0.717) is 0 Å². The van der Waals surface area contributed by atoms with Crippen molar-refractivity contribution in [2.24, 2.45) is 10.1 Å². The van der Waals surface area contributed by atoms with Crippen LogP contribution in [0, 0.1) is 0 Å². The molecular formula is C6H12N2S2. The van der Waals surface area contributed by atoms with E-state index in [2.05, 4.69) is 11.3 Å². The molecule has 0 aromatic rings. The minimum atomic E-state index is 0.138. The van der Waals surface area contributed by atoms with Crippen molar-refractivity contribution in [2.75, 3.05) is 5.75 Å². The van der Waals surface area contributed by atoms with Gasteiger partial charge in [-0.1, -0.05) is 0 Å². The van der Waals surface area contributed by atoms with Crippen molar-refractivity contribution in [3.8, 4) is 0 Å². The standard InChI is InChI=1S/C6H12N2S2/c1-5(7)6(2)3-9-4-8-10-6/h4-5H,3,7H2,1-2H3. The SMILES string of the molecule is CC(N)C1(C)CSC=NS1. The zero-order chi connectivity index (χ0) is 7.61. The topological polar surface area (TPSA) is 38.4 Å². The molecule has 2 unspecified atom stereocenters. The summed E-state index contributed by atoms with van der Waals surface area (Å²) in [5, 5.41) is 0. The molecule has 0 radical (unpaired) electrons. The highest BCUT2D eigenvalue weighted by molar-refractivity contribution is 8.15. The summed E-state index contributed by atoms with van der Waals surface area (Å²) in [5.74, 6) is 1.07. The first-order valence-corrected chi connectivity index (χ1v) is 5.04. The van der Waals surface area contributed by atoms with E-state index in [1.807, 2.05) is 12.5 Å². The molecule has 0 aliphatic carbocycles. The van der Waals surface area contributed by atoms with Gasteiger partial charge >= 0.3 is 0 Å². The number of rotatable bonds is 1. The second-order valence-corrected chi connectivity index (χ2v) is 4.87. The molecule has 0 fully saturated rings. The Balaban J connectivity index is 2.59. The fourth-order valence-electron chi connectivity index (χ4n) is 0.616. The van der Waals surface area contributed by atoms with Crippen LogP contribution in [0.2, 0.25) is 0 Å². The second-order valence-electron chi connectivity index (χ2n) is 2.71. The molecule has 0 spiro atoms.